The number of anilines is 1. The molecule has 1 aromatic heterocycles. The van der Waals surface area contributed by atoms with Crippen LogP contribution in [0.2, 0.25) is 0 Å². The van der Waals surface area contributed by atoms with Crippen LogP contribution in [-0.2, 0) is 9.59 Å². The van der Waals surface area contributed by atoms with Gasteiger partial charge < -0.3 is 19.6 Å². The van der Waals surface area contributed by atoms with Gasteiger partial charge in [0.2, 0.25) is 5.95 Å². The maximum atomic E-state index is 13.9. The van der Waals surface area contributed by atoms with E-state index in [2.05, 4.69) is 9.97 Å². The number of Topliss-reactive ketones (excluding diaryl/α,β-unsaturated/α-hetero) is 1. The minimum absolute atomic E-state index is 0.0616. The summed E-state index contributed by atoms with van der Waals surface area (Å²) >= 11 is 0. The van der Waals surface area contributed by atoms with E-state index in [1.807, 2.05) is 13.8 Å². The Morgan fingerprint density at radius 1 is 1.08 bits per heavy atom. The highest BCUT2D eigenvalue weighted by atomic mass is 19.2. The number of aryl methyl sites for hydroxylation is 1. The van der Waals surface area contributed by atoms with Crippen LogP contribution in [0, 0.1) is 18.6 Å². The molecule has 2 heterocycles. The number of imidazole rings is 1. The molecule has 1 atom stereocenters. The predicted molar refractivity (Wildman–Crippen MR) is 141 cm³/mol. The van der Waals surface area contributed by atoms with Crippen molar-refractivity contribution in [3.8, 4) is 11.5 Å². The van der Waals surface area contributed by atoms with Crippen molar-refractivity contribution < 1.29 is 33.0 Å². The van der Waals surface area contributed by atoms with Crippen LogP contribution in [0.3, 0.4) is 0 Å². The van der Waals surface area contributed by atoms with E-state index in [-0.39, 0.29) is 28.7 Å². The average molecular weight is 534 g/mol. The summed E-state index contributed by atoms with van der Waals surface area (Å²) < 4.78 is 38.8. The third-order valence-corrected chi connectivity index (χ3v) is 6.40. The number of ether oxygens (including phenoxy) is 2. The lowest BCUT2D eigenvalue weighted by Crippen LogP contribution is -2.30. The first-order valence-corrected chi connectivity index (χ1v) is 12.2. The smallest absolute Gasteiger partial charge is 0.302 e. The molecule has 10 heteroatoms. The number of hydrogen-bond donors (Lipinski definition) is 2. The van der Waals surface area contributed by atoms with Gasteiger partial charge in [0.15, 0.2) is 11.6 Å². The largest absolute Gasteiger partial charge is 0.507 e. The summed E-state index contributed by atoms with van der Waals surface area (Å²) in [7, 11) is 1.47. The van der Waals surface area contributed by atoms with Gasteiger partial charge in [-0.15, -0.1) is 0 Å². The fraction of sp³-hybridized carbons (Fsp3) is 0.207. The van der Waals surface area contributed by atoms with Crippen LogP contribution in [0.5, 0.6) is 11.5 Å². The highest BCUT2D eigenvalue weighted by Gasteiger charge is 2.48. The maximum absolute atomic E-state index is 13.9. The van der Waals surface area contributed by atoms with E-state index in [1.54, 1.807) is 49.4 Å². The molecule has 1 saturated heterocycles. The number of methoxy groups -OCH3 is 1. The number of hydrogen-bond acceptors (Lipinski definition) is 6. The Balaban J connectivity index is 1.70. The van der Waals surface area contributed by atoms with Gasteiger partial charge in [-0.1, -0.05) is 12.1 Å². The van der Waals surface area contributed by atoms with Crippen molar-refractivity contribution in [2.75, 3.05) is 12.0 Å². The quantitative estimate of drug-likeness (QED) is 0.191. The molecule has 39 heavy (non-hydrogen) atoms. The second kappa shape index (κ2) is 9.86. The number of aromatic amines is 1. The van der Waals surface area contributed by atoms with E-state index in [1.165, 1.54) is 7.11 Å². The molecule has 200 valence electrons. The fourth-order valence-electron chi connectivity index (χ4n) is 4.62. The molecule has 4 aromatic rings. The van der Waals surface area contributed by atoms with Gasteiger partial charge in [0, 0.05) is 17.7 Å². The van der Waals surface area contributed by atoms with Gasteiger partial charge in [-0.3, -0.25) is 14.5 Å². The molecular weight excluding hydrogens is 508 g/mol. The predicted octanol–water partition coefficient (Wildman–Crippen LogP) is 5.57. The molecule has 5 rings (SSSR count). The number of carbonyl (C=O) groups is 2. The maximum Gasteiger partial charge on any atom is 0.302 e. The normalized spacial score (nSPS) is 16.9. The minimum atomic E-state index is -1.12. The van der Waals surface area contributed by atoms with Crippen molar-refractivity contribution in [2.45, 2.75) is 32.9 Å². The molecule has 0 spiro atoms. The average Bonchev–Trinajstić information content (AvgIpc) is 3.42. The number of nitrogens with zero attached hydrogens (tertiary/aromatic N) is 2. The van der Waals surface area contributed by atoms with Crippen molar-refractivity contribution in [1.29, 1.82) is 0 Å². The molecule has 3 aromatic carbocycles. The number of fused-ring (bicyclic) bond motifs is 1. The van der Waals surface area contributed by atoms with E-state index < -0.39 is 35.1 Å². The van der Waals surface area contributed by atoms with Crippen LogP contribution in [0.4, 0.5) is 14.7 Å². The first-order chi connectivity index (χ1) is 18.6. The summed E-state index contributed by atoms with van der Waals surface area (Å²) in [6, 6.07) is 12.3. The van der Waals surface area contributed by atoms with Crippen LogP contribution >= 0.6 is 0 Å². The lowest BCUT2D eigenvalue weighted by molar-refractivity contribution is -0.132. The number of nitrogens with one attached hydrogen (secondary N) is 1. The highest BCUT2D eigenvalue weighted by molar-refractivity contribution is 6.51. The topological polar surface area (TPSA) is 105 Å². The standard InChI is InChI=1S/C29H25F2N3O5/c1-14(2)39-23-9-8-17(10-15(23)3)26(35)24-25(16-6-5-7-18(11-16)38-4)34(28(37)27(24)36)29-32-21-12-19(30)20(31)13-22(21)33-29/h5-14,25,35H,1-4H3,(H,32,33)/b26-24+. The van der Waals surface area contributed by atoms with Crippen LogP contribution in [-0.4, -0.2) is 40.0 Å². The molecule has 1 fully saturated rings. The number of rotatable bonds is 6. The summed E-state index contributed by atoms with van der Waals surface area (Å²) in [5.41, 5.74) is 1.50. The van der Waals surface area contributed by atoms with Gasteiger partial charge in [-0.05, 0) is 62.2 Å². The third kappa shape index (κ3) is 4.58. The molecule has 1 aliphatic heterocycles. The number of aliphatic hydroxyl groups excluding tert-OH is 1. The Morgan fingerprint density at radius 2 is 1.82 bits per heavy atom. The van der Waals surface area contributed by atoms with E-state index >= 15 is 0 Å². The van der Waals surface area contributed by atoms with Crippen LogP contribution in [0.1, 0.15) is 36.6 Å². The zero-order valence-electron chi connectivity index (χ0n) is 21.6. The Hall–Kier alpha value is -4.73. The van der Waals surface area contributed by atoms with Gasteiger partial charge >= 0.3 is 5.91 Å². The first-order valence-electron chi connectivity index (χ1n) is 12.2. The van der Waals surface area contributed by atoms with E-state index in [0.717, 1.165) is 22.6 Å². The zero-order valence-corrected chi connectivity index (χ0v) is 21.6. The Kier molecular flexibility index (Phi) is 6.55. The van der Waals surface area contributed by atoms with Crippen molar-refractivity contribution in [3.05, 3.63) is 88.5 Å². The minimum Gasteiger partial charge on any atom is -0.507 e. The van der Waals surface area contributed by atoms with Crippen molar-refractivity contribution >= 4 is 34.4 Å². The van der Waals surface area contributed by atoms with Crippen LogP contribution in [0.15, 0.2) is 60.2 Å². The SMILES string of the molecule is COc1cccc(C2/C(=C(\O)c3ccc(OC(C)C)c(C)c3)C(=O)C(=O)N2c2nc3cc(F)c(F)cc3[nH]2)c1. The molecule has 0 bridgehead atoms. The van der Waals surface area contributed by atoms with Crippen LogP contribution in [0.25, 0.3) is 16.8 Å². The fourth-order valence-corrected chi connectivity index (χ4v) is 4.62. The second-order valence-corrected chi connectivity index (χ2v) is 9.44. The molecule has 8 nitrogen and oxygen atoms in total. The molecule has 0 aliphatic carbocycles. The zero-order chi connectivity index (χ0) is 28.0. The van der Waals surface area contributed by atoms with Crippen molar-refractivity contribution in [2.24, 2.45) is 0 Å². The lowest BCUT2D eigenvalue weighted by atomic mass is 9.94. The summed E-state index contributed by atoms with van der Waals surface area (Å²) in [4.78, 5) is 35.0. The summed E-state index contributed by atoms with van der Waals surface area (Å²) in [5, 5.41) is 11.4. The first kappa shape index (κ1) is 25.9. The number of benzene rings is 3. The molecule has 1 aliphatic rings. The van der Waals surface area contributed by atoms with Crippen LogP contribution < -0.4 is 14.4 Å². The Morgan fingerprint density at radius 3 is 2.51 bits per heavy atom. The Bertz CT molecular complexity index is 1620. The molecule has 0 radical (unpaired) electrons. The molecule has 1 unspecified atom stereocenters. The lowest BCUT2D eigenvalue weighted by Gasteiger charge is -2.23. The van der Waals surface area contributed by atoms with Crippen molar-refractivity contribution in [3.63, 3.8) is 0 Å². The van der Waals surface area contributed by atoms with Gasteiger partial charge in [0.1, 0.15) is 17.3 Å². The van der Waals surface area contributed by atoms with E-state index in [0.29, 0.717) is 22.6 Å². The number of aliphatic hydroxyl groups is 1. The molecular formula is C29H25F2N3O5. The van der Waals surface area contributed by atoms with Gasteiger partial charge in [-0.25, -0.2) is 13.8 Å². The third-order valence-electron chi connectivity index (χ3n) is 6.40. The Labute approximate surface area is 222 Å². The number of H-pyrrole nitrogens is 1. The number of carbonyl (C=O) groups excluding carboxylic acids is 2. The molecule has 1 amide bonds. The van der Waals surface area contributed by atoms with Gasteiger partial charge in [-0.2, -0.15) is 0 Å². The summed E-state index contributed by atoms with van der Waals surface area (Å²) in [6.45, 7) is 5.59. The van der Waals surface area contributed by atoms with E-state index in [4.69, 9.17) is 9.47 Å². The monoisotopic (exact) mass is 533 g/mol. The van der Waals surface area contributed by atoms with Gasteiger partial charge in [0.25, 0.3) is 5.78 Å². The summed E-state index contributed by atoms with van der Waals surface area (Å²) in [5.74, 6) is -3.54. The number of ketones is 1. The molecule has 2 N–H and O–H groups in total. The van der Waals surface area contributed by atoms with E-state index in [9.17, 15) is 23.5 Å². The second-order valence-electron chi connectivity index (χ2n) is 9.44. The van der Waals surface area contributed by atoms with Crippen molar-refractivity contribution in [1.82, 2.24) is 9.97 Å². The number of aromatic nitrogens is 2. The molecule has 0 saturated carbocycles. The number of halogens is 2. The van der Waals surface area contributed by atoms with Gasteiger partial charge in [0.05, 0.1) is 35.9 Å². The number of amides is 1. The highest BCUT2D eigenvalue weighted by Crippen LogP contribution is 2.42. The summed E-state index contributed by atoms with van der Waals surface area (Å²) in [6.07, 6.45) is -0.0627.